The van der Waals surface area contributed by atoms with Crippen molar-refractivity contribution in [3.63, 3.8) is 0 Å². The standard InChI is InChI=1S/C15H21NO5S/c1-2-22(20,21)12-14(17)16(10-6-9-15(18)19)11-13-7-4-3-5-8-13/h3-5,7-8H,2,6,9-12H2,1H3,(H,18,19). The summed E-state index contributed by atoms with van der Waals surface area (Å²) in [5, 5.41) is 8.68. The van der Waals surface area contributed by atoms with Gasteiger partial charge in [-0.3, -0.25) is 9.59 Å². The Morgan fingerprint density at radius 1 is 1.18 bits per heavy atom. The van der Waals surface area contributed by atoms with Gasteiger partial charge < -0.3 is 10.0 Å². The zero-order valence-electron chi connectivity index (χ0n) is 12.6. The molecule has 0 aliphatic carbocycles. The van der Waals surface area contributed by atoms with Gasteiger partial charge in [-0.15, -0.1) is 0 Å². The van der Waals surface area contributed by atoms with Crippen LogP contribution >= 0.6 is 0 Å². The minimum absolute atomic E-state index is 0.0565. The summed E-state index contributed by atoms with van der Waals surface area (Å²) in [5.41, 5.74) is 0.875. The van der Waals surface area contributed by atoms with E-state index in [-0.39, 0.29) is 25.3 Å². The summed E-state index contributed by atoms with van der Waals surface area (Å²) in [6, 6.07) is 9.19. The Morgan fingerprint density at radius 2 is 1.82 bits per heavy atom. The number of amides is 1. The SMILES string of the molecule is CCS(=O)(=O)CC(=O)N(CCCC(=O)O)Cc1ccccc1. The highest BCUT2D eigenvalue weighted by Gasteiger charge is 2.20. The number of carbonyl (C=O) groups is 2. The van der Waals surface area contributed by atoms with Crippen LogP contribution < -0.4 is 0 Å². The molecule has 0 atom stereocenters. The second kappa shape index (κ2) is 8.53. The van der Waals surface area contributed by atoms with Crippen molar-refractivity contribution in [3.05, 3.63) is 35.9 Å². The molecular weight excluding hydrogens is 306 g/mol. The molecule has 7 heteroatoms. The fraction of sp³-hybridized carbons (Fsp3) is 0.467. The number of carboxylic acids is 1. The lowest BCUT2D eigenvalue weighted by Gasteiger charge is -2.22. The number of sulfone groups is 1. The molecule has 0 radical (unpaired) electrons. The molecule has 0 spiro atoms. The number of aliphatic carboxylic acids is 1. The lowest BCUT2D eigenvalue weighted by molar-refractivity contribution is -0.138. The van der Waals surface area contributed by atoms with E-state index in [1.165, 1.54) is 11.8 Å². The maximum atomic E-state index is 12.2. The molecule has 0 fully saturated rings. The molecule has 0 unspecified atom stereocenters. The Kier molecular flexibility index (Phi) is 7.04. The van der Waals surface area contributed by atoms with Gasteiger partial charge >= 0.3 is 5.97 Å². The van der Waals surface area contributed by atoms with Crippen LogP contribution in [0, 0.1) is 0 Å². The van der Waals surface area contributed by atoms with Gasteiger partial charge in [-0.2, -0.15) is 0 Å². The van der Waals surface area contributed by atoms with Crippen LogP contribution in [0.15, 0.2) is 30.3 Å². The van der Waals surface area contributed by atoms with Gasteiger partial charge in [-0.25, -0.2) is 8.42 Å². The Bertz CT molecular complexity index is 598. The molecule has 0 heterocycles. The average molecular weight is 327 g/mol. The number of nitrogens with zero attached hydrogens (tertiary/aromatic N) is 1. The second-order valence-electron chi connectivity index (χ2n) is 4.97. The molecule has 0 saturated carbocycles. The van der Waals surface area contributed by atoms with Crippen molar-refractivity contribution in [1.82, 2.24) is 4.90 Å². The number of carbonyl (C=O) groups excluding carboxylic acids is 1. The van der Waals surface area contributed by atoms with E-state index in [2.05, 4.69) is 0 Å². The largest absolute Gasteiger partial charge is 0.481 e. The quantitative estimate of drug-likeness (QED) is 0.738. The van der Waals surface area contributed by atoms with Gasteiger partial charge in [0.15, 0.2) is 9.84 Å². The molecule has 0 aliphatic heterocycles. The predicted octanol–water partition coefficient (Wildman–Crippen LogP) is 1.31. The smallest absolute Gasteiger partial charge is 0.303 e. The van der Waals surface area contributed by atoms with Crippen LogP contribution in [-0.4, -0.2) is 48.4 Å². The number of carboxylic acid groups (broad SMARTS) is 1. The first-order valence-electron chi connectivity index (χ1n) is 7.08. The van der Waals surface area contributed by atoms with E-state index in [9.17, 15) is 18.0 Å². The Hall–Kier alpha value is -1.89. The van der Waals surface area contributed by atoms with Gasteiger partial charge in [0.1, 0.15) is 5.75 Å². The fourth-order valence-corrected chi connectivity index (χ4v) is 2.66. The molecule has 122 valence electrons. The average Bonchev–Trinajstić information content (AvgIpc) is 2.46. The molecule has 1 N–H and O–H groups in total. The molecule has 0 saturated heterocycles. The predicted molar refractivity (Wildman–Crippen MR) is 83.1 cm³/mol. The minimum atomic E-state index is -3.40. The van der Waals surface area contributed by atoms with Crippen LogP contribution in [0.1, 0.15) is 25.3 Å². The van der Waals surface area contributed by atoms with Crippen molar-refractivity contribution < 1.29 is 23.1 Å². The van der Waals surface area contributed by atoms with Crippen LogP contribution in [0.4, 0.5) is 0 Å². The van der Waals surface area contributed by atoms with Crippen LogP contribution in [0.5, 0.6) is 0 Å². The molecule has 0 bridgehead atoms. The van der Waals surface area contributed by atoms with Crippen LogP contribution in [0.2, 0.25) is 0 Å². The zero-order valence-corrected chi connectivity index (χ0v) is 13.4. The molecule has 0 aromatic heterocycles. The van der Waals surface area contributed by atoms with Crippen molar-refractivity contribution in [2.75, 3.05) is 18.1 Å². The maximum absolute atomic E-state index is 12.2. The monoisotopic (exact) mass is 327 g/mol. The van der Waals surface area contributed by atoms with Crippen molar-refractivity contribution in [3.8, 4) is 0 Å². The summed E-state index contributed by atoms with van der Waals surface area (Å²) in [7, 11) is -3.40. The van der Waals surface area contributed by atoms with Gasteiger partial charge in [0.2, 0.25) is 5.91 Å². The topological polar surface area (TPSA) is 91.8 Å². The Labute approximate surface area is 130 Å². The third-order valence-corrected chi connectivity index (χ3v) is 4.74. The van der Waals surface area contributed by atoms with Crippen molar-refractivity contribution in [1.29, 1.82) is 0 Å². The minimum Gasteiger partial charge on any atom is -0.481 e. The molecule has 22 heavy (non-hydrogen) atoms. The van der Waals surface area contributed by atoms with Gasteiger partial charge in [-0.05, 0) is 12.0 Å². The summed E-state index contributed by atoms with van der Waals surface area (Å²) in [5.74, 6) is -2.06. The number of benzene rings is 1. The third-order valence-electron chi connectivity index (χ3n) is 3.17. The molecule has 1 amide bonds. The highest BCUT2D eigenvalue weighted by molar-refractivity contribution is 7.92. The fourth-order valence-electron chi connectivity index (χ4n) is 1.90. The summed E-state index contributed by atoms with van der Waals surface area (Å²) in [6.45, 7) is 1.99. The molecule has 1 rings (SSSR count). The first kappa shape index (κ1) is 18.2. The number of hydrogen-bond donors (Lipinski definition) is 1. The van der Waals surface area contributed by atoms with Gasteiger partial charge in [0.25, 0.3) is 0 Å². The molecule has 6 nitrogen and oxygen atoms in total. The van der Waals surface area contributed by atoms with Crippen molar-refractivity contribution in [2.24, 2.45) is 0 Å². The molecule has 1 aromatic rings. The zero-order chi connectivity index (χ0) is 16.6. The van der Waals surface area contributed by atoms with Gasteiger partial charge in [-0.1, -0.05) is 37.3 Å². The van der Waals surface area contributed by atoms with E-state index < -0.39 is 27.5 Å². The summed E-state index contributed by atoms with van der Waals surface area (Å²) in [6.07, 6.45) is 0.235. The summed E-state index contributed by atoms with van der Waals surface area (Å²) >= 11 is 0. The number of hydrogen-bond acceptors (Lipinski definition) is 4. The van der Waals surface area contributed by atoms with E-state index in [4.69, 9.17) is 5.11 Å². The Balaban J connectivity index is 2.76. The molecule has 1 aromatic carbocycles. The first-order valence-corrected chi connectivity index (χ1v) is 8.90. The van der Waals surface area contributed by atoms with Crippen LogP contribution in [0.3, 0.4) is 0 Å². The molecular formula is C15H21NO5S. The normalized spacial score (nSPS) is 11.1. The maximum Gasteiger partial charge on any atom is 0.303 e. The summed E-state index contributed by atoms with van der Waals surface area (Å²) in [4.78, 5) is 24.2. The van der Waals surface area contributed by atoms with E-state index in [1.54, 1.807) is 0 Å². The van der Waals surface area contributed by atoms with E-state index in [0.717, 1.165) is 5.56 Å². The Morgan fingerprint density at radius 3 is 2.36 bits per heavy atom. The molecule has 0 aliphatic rings. The number of rotatable bonds is 9. The second-order valence-corrected chi connectivity index (χ2v) is 7.33. The van der Waals surface area contributed by atoms with E-state index in [1.807, 2.05) is 30.3 Å². The lowest BCUT2D eigenvalue weighted by atomic mass is 10.2. The highest BCUT2D eigenvalue weighted by atomic mass is 32.2. The van der Waals surface area contributed by atoms with Crippen molar-refractivity contribution in [2.45, 2.75) is 26.3 Å². The van der Waals surface area contributed by atoms with Gasteiger partial charge in [0.05, 0.1) is 0 Å². The third kappa shape index (κ3) is 6.71. The summed E-state index contributed by atoms with van der Waals surface area (Å²) < 4.78 is 23.2. The van der Waals surface area contributed by atoms with Crippen LogP contribution in [-0.2, 0) is 26.0 Å². The van der Waals surface area contributed by atoms with Gasteiger partial charge in [0, 0.05) is 25.3 Å². The highest BCUT2D eigenvalue weighted by Crippen LogP contribution is 2.08. The lowest BCUT2D eigenvalue weighted by Crippen LogP contribution is -2.36. The van der Waals surface area contributed by atoms with Crippen molar-refractivity contribution >= 4 is 21.7 Å². The van der Waals surface area contributed by atoms with E-state index in [0.29, 0.717) is 6.42 Å². The van der Waals surface area contributed by atoms with Crippen LogP contribution in [0.25, 0.3) is 0 Å². The first-order chi connectivity index (χ1) is 10.3. The van der Waals surface area contributed by atoms with E-state index >= 15 is 0 Å².